The number of benzene rings is 1. The highest BCUT2D eigenvalue weighted by Crippen LogP contribution is 2.26. The molecule has 1 aromatic carbocycles. The van der Waals surface area contributed by atoms with Crippen molar-refractivity contribution in [2.45, 2.75) is 32.1 Å². The van der Waals surface area contributed by atoms with Gasteiger partial charge in [0.15, 0.2) is 0 Å². The number of allylic oxidation sites excluding steroid dienone is 2. The summed E-state index contributed by atoms with van der Waals surface area (Å²) in [4.78, 5) is 21.8. The molecular weight excluding hydrogens is 326 g/mol. The molecule has 0 bridgehead atoms. The maximum absolute atomic E-state index is 11.8. The Morgan fingerprint density at radius 1 is 1.24 bits per heavy atom. The van der Waals surface area contributed by atoms with Crippen LogP contribution in [-0.2, 0) is 4.74 Å². The van der Waals surface area contributed by atoms with Crippen LogP contribution < -0.4 is 4.74 Å². The first-order valence-corrected chi connectivity index (χ1v) is 8.45. The largest absolute Gasteiger partial charge is 0.513 e. The number of aliphatic hydroxyl groups is 1. The molecule has 2 rings (SSSR count). The number of hydrogen-bond donors (Lipinski definition) is 1. The van der Waals surface area contributed by atoms with Gasteiger partial charge in [-0.1, -0.05) is 12.2 Å². The number of ether oxygens (including phenoxy) is 2. The molecule has 1 aromatic rings. The first kappa shape index (κ1) is 18.9. The van der Waals surface area contributed by atoms with Gasteiger partial charge in [-0.2, -0.15) is 0 Å². The lowest BCUT2D eigenvalue weighted by molar-refractivity contribution is -0.384. The minimum Gasteiger partial charge on any atom is -0.434 e. The molecule has 0 fully saturated rings. The molecule has 0 aromatic heterocycles. The summed E-state index contributed by atoms with van der Waals surface area (Å²) in [5, 5.41) is 20.2. The van der Waals surface area contributed by atoms with Crippen LogP contribution >= 0.6 is 0 Å². The molecule has 1 aliphatic carbocycles. The third kappa shape index (κ3) is 6.19. The summed E-state index contributed by atoms with van der Waals surface area (Å²) in [7, 11) is 0. The summed E-state index contributed by atoms with van der Waals surface area (Å²) in [5.41, 5.74) is -0.0839. The Bertz CT molecular complexity index is 598. The molecule has 0 heterocycles. The van der Waals surface area contributed by atoms with Crippen molar-refractivity contribution < 1.29 is 24.3 Å². The quantitative estimate of drug-likeness (QED) is 0.275. The van der Waals surface area contributed by atoms with E-state index in [2.05, 4.69) is 12.2 Å². The third-order valence-electron chi connectivity index (χ3n) is 4.38. The summed E-state index contributed by atoms with van der Waals surface area (Å²) in [6.45, 7) is 0.0515. The van der Waals surface area contributed by atoms with Crippen molar-refractivity contribution in [2.75, 3.05) is 13.2 Å². The van der Waals surface area contributed by atoms with Crippen LogP contribution in [-0.4, -0.2) is 29.4 Å². The van der Waals surface area contributed by atoms with Gasteiger partial charge in [0.2, 0.25) is 0 Å². The number of aliphatic hydroxyl groups excluding tert-OH is 1. The highest BCUT2D eigenvalue weighted by Gasteiger charge is 2.23. The molecule has 7 nitrogen and oxygen atoms in total. The van der Waals surface area contributed by atoms with Gasteiger partial charge in [0.25, 0.3) is 5.69 Å². The van der Waals surface area contributed by atoms with E-state index in [9.17, 15) is 20.0 Å². The van der Waals surface area contributed by atoms with Gasteiger partial charge in [-0.3, -0.25) is 10.1 Å². The lowest BCUT2D eigenvalue weighted by atomic mass is 9.84. The number of nitro groups is 1. The van der Waals surface area contributed by atoms with Crippen molar-refractivity contribution in [1.82, 2.24) is 0 Å². The second kappa shape index (κ2) is 9.78. The minimum absolute atomic E-state index is 0.0425. The first-order valence-electron chi connectivity index (χ1n) is 8.45. The molecule has 136 valence electrons. The van der Waals surface area contributed by atoms with Gasteiger partial charge in [0.05, 0.1) is 4.92 Å². The standard InChI is InChI=1S/C18H23NO6/c20-12-15(14-6-4-2-1-3-5-7-14)13-24-18(21)25-17-10-8-16(9-11-17)19(22)23/h1-2,8-11,14-15,20H,3-7,12-13H2/b2-1-/t14-,15?/m1/s1. The lowest BCUT2D eigenvalue weighted by Gasteiger charge is -2.25. The number of carbonyl (C=O) groups is 1. The number of non-ortho nitro benzene ring substituents is 1. The van der Waals surface area contributed by atoms with E-state index in [1.165, 1.54) is 24.3 Å². The first-order chi connectivity index (χ1) is 12.1. The fraction of sp³-hybridized carbons (Fsp3) is 0.500. The molecule has 2 atom stereocenters. The highest BCUT2D eigenvalue weighted by atomic mass is 16.7. The van der Waals surface area contributed by atoms with Gasteiger partial charge in [-0.05, 0) is 50.2 Å². The highest BCUT2D eigenvalue weighted by molar-refractivity contribution is 5.64. The van der Waals surface area contributed by atoms with Crippen molar-refractivity contribution in [2.24, 2.45) is 11.8 Å². The Morgan fingerprint density at radius 2 is 1.96 bits per heavy atom. The van der Waals surface area contributed by atoms with Crippen LogP contribution in [0, 0.1) is 22.0 Å². The Labute approximate surface area is 146 Å². The summed E-state index contributed by atoms with van der Waals surface area (Å²) in [6.07, 6.45) is 8.49. The van der Waals surface area contributed by atoms with Gasteiger partial charge in [0, 0.05) is 24.7 Å². The predicted molar refractivity (Wildman–Crippen MR) is 91.4 cm³/mol. The fourth-order valence-electron chi connectivity index (χ4n) is 2.93. The second-order valence-electron chi connectivity index (χ2n) is 6.10. The lowest BCUT2D eigenvalue weighted by Crippen LogP contribution is -2.26. The second-order valence-corrected chi connectivity index (χ2v) is 6.10. The molecular formula is C18H23NO6. The van der Waals surface area contributed by atoms with E-state index in [-0.39, 0.29) is 30.6 Å². The van der Waals surface area contributed by atoms with Gasteiger partial charge in [-0.15, -0.1) is 0 Å². The smallest absolute Gasteiger partial charge is 0.434 e. The van der Waals surface area contributed by atoms with E-state index >= 15 is 0 Å². The summed E-state index contributed by atoms with van der Waals surface area (Å²) >= 11 is 0. The van der Waals surface area contributed by atoms with Gasteiger partial charge in [0.1, 0.15) is 12.4 Å². The van der Waals surface area contributed by atoms with E-state index in [0.717, 1.165) is 32.1 Å². The molecule has 0 amide bonds. The number of hydrogen-bond acceptors (Lipinski definition) is 6. The average molecular weight is 349 g/mol. The molecule has 0 spiro atoms. The van der Waals surface area contributed by atoms with Crippen molar-refractivity contribution in [3.63, 3.8) is 0 Å². The van der Waals surface area contributed by atoms with Gasteiger partial charge in [-0.25, -0.2) is 4.79 Å². The van der Waals surface area contributed by atoms with Crippen molar-refractivity contribution >= 4 is 11.8 Å². The topological polar surface area (TPSA) is 98.9 Å². The summed E-state index contributed by atoms with van der Waals surface area (Å²) < 4.78 is 10.1. The summed E-state index contributed by atoms with van der Waals surface area (Å²) in [6, 6.07) is 5.18. The zero-order chi connectivity index (χ0) is 18.1. The Hall–Kier alpha value is -2.41. The van der Waals surface area contributed by atoms with E-state index in [1.807, 2.05) is 0 Å². The number of nitro benzene ring substituents is 1. The molecule has 1 aliphatic rings. The van der Waals surface area contributed by atoms with Crippen LogP contribution in [0.1, 0.15) is 32.1 Å². The molecule has 0 aliphatic heterocycles. The number of nitrogens with zero attached hydrogens (tertiary/aromatic N) is 1. The number of carbonyl (C=O) groups excluding carboxylic acids is 1. The molecule has 0 saturated carbocycles. The van der Waals surface area contributed by atoms with E-state index in [1.54, 1.807) is 0 Å². The van der Waals surface area contributed by atoms with E-state index in [4.69, 9.17) is 9.47 Å². The van der Waals surface area contributed by atoms with E-state index < -0.39 is 11.1 Å². The van der Waals surface area contributed by atoms with E-state index in [0.29, 0.717) is 5.92 Å². The van der Waals surface area contributed by atoms with Crippen LogP contribution in [0.4, 0.5) is 10.5 Å². The molecule has 1 unspecified atom stereocenters. The summed E-state index contributed by atoms with van der Waals surface area (Å²) in [5.74, 6) is 0.366. The third-order valence-corrected chi connectivity index (χ3v) is 4.38. The monoisotopic (exact) mass is 349 g/mol. The molecule has 7 heteroatoms. The predicted octanol–water partition coefficient (Wildman–Crippen LogP) is 3.86. The van der Waals surface area contributed by atoms with Crippen LogP contribution in [0.25, 0.3) is 0 Å². The normalized spacial score (nSPS) is 20.0. The Morgan fingerprint density at radius 3 is 2.64 bits per heavy atom. The minimum atomic E-state index is -0.877. The SMILES string of the molecule is O=C(OCC(CO)[C@@H]1CC/C=C\CCC1)Oc1ccc([N+](=O)[O-])cc1. The molecule has 1 N–H and O–H groups in total. The molecule has 0 radical (unpaired) electrons. The molecule has 25 heavy (non-hydrogen) atoms. The van der Waals surface area contributed by atoms with Crippen LogP contribution in [0.2, 0.25) is 0 Å². The van der Waals surface area contributed by atoms with Crippen LogP contribution in [0.5, 0.6) is 5.75 Å². The zero-order valence-electron chi connectivity index (χ0n) is 14.0. The van der Waals surface area contributed by atoms with Crippen molar-refractivity contribution in [1.29, 1.82) is 0 Å². The number of rotatable bonds is 6. The maximum atomic E-state index is 11.8. The maximum Gasteiger partial charge on any atom is 0.513 e. The van der Waals surface area contributed by atoms with Crippen LogP contribution in [0.3, 0.4) is 0 Å². The van der Waals surface area contributed by atoms with Crippen molar-refractivity contribution in [3.05, 3.63) is 46.5 Å². The Balaban J connectivity index is 1.82. The fourth-order valence-corrected chi connectivity index (χ4v) is 2.93. The van der Waals surface area contributed by atoms with Crippen molar-refractivity contribution in [3.8, 4) is 5.75 Å². The Kier molecular flexibility index (Phi) is 7.40. The average Bonchev–Trinajstić information content (AvgIpc) is 2.57. The molecule has 0 saturated heterocycles. The zero-order valence-corrected chi connectivity index (χ0v) is 14.0. The van der Waals surface area contributed by atoms with Gasteiger partial charge >= 0.3 is 6.16 Å². The van der Waals surface area contributed by atoms with Gasteiger partial charge < -0.3 is 14.6 Å². The van der Waals surface area contributed by atoms with Crippen LogP contribution in [0.15, 0.2) is 36.4 Å².